The summed E-state index contributed by atoms with van der Waals surface area (Å²) in [5.74, 6) is 0.744. The molecule has 0 amide bonds. The molecule has 0 spiro atoms. The summed E-state index contributed by atoms with van der Waals surface area (Å²) in [7, 11) is -0.694. The lowest BCUT2D eigenvalue weighted by molar-refractivity contribution is 0.285. The second kappa shape index (κ2) is 12.6. The summed E-state index contributed by atoms with van der Waals surface area (Å²) in [4.78, 5) is 0.141. The van der Waals surface area contributed by atoms with Crippen molar-refractivity contribution in [3.63, 3.8) is 0 Å². The van der Waals surface area contributed by atoms with Crippen LogP contribution in [0.3, 0.4) is 0 Å². The average Bonchev–Trinajstić information content (AvgIpc) is 2.77. The first-order valence-corrected chi connectivity index (χ1v) is 12.1. The van der Waals surface area contributed by atoms with E-state index in [0.717, 1.165) is 18.4 Å². The summed E-state index contributed by atoms with van der Waals surface area (Å²) in [6.45, 7) is 5.25. The van der Waals surface area contributed by atoms with Gasteiger partial charge < -0.3 is 19.5 Å². The summed E-state index contributed by atoms with van der Waals surface area (Å²) < 4.78 is 57.5. The molecule has 0 fully saturated rings. The van der Waals surface area contributed by atoms with Crippen molar-refractivity contribution >= 4 is 10.0 Å². The number of hydrogen-bond acceptors (Lipinski definition) is 6. The fourth-order valence-corrected chi connectivity index (χ4v) is 4.47. The van der Waals surface area contributed by atoms with Crippen LogP contribution in [-0.4, -0.2) is 48.4 Å². The third-order valence-electron chi connectivity index (χ3n) is 4.86. The standard InChI is InChI=1S/C23H33FN2O5S/c1-5-6-11-26-32(27,28)23-15-18(7-9-21(23)30-4)14-17(2)25-12-13-31-22-16-19(24)8-10-20(22)29-3/h7-10,15-17,25-26H,5-6,11-14H2,1-4H3. The zero-order valence-electron chi connectivity index (χ0n) is 19.1. The summed E-state index contributed by atoms with van der Waals surface area (Å²) in [5, 5.41) is 3.33. The Hall–Kier alpha value is -2.36. The molecule has 0 heterocycles. The van der Waals surface area contributed by atoms with Gasteiger partial charge in [-0.1, -0.05) is 19.4 Å². The lowest BCUT2D eigenvalue weighted by atomic mass is 10.1. The average molecular weight is 469 g/mol. The van der Waals surface area contributed by atoms with Crippen LogP contribution in [0.15, 0.2) is 41.3 Å². The van der Waals surface area contributed by atoms with Crippen LogP contribution in [0.25, 0.3) is 0 Å². The monoisotopic (exact) mass is 468 g/mol. The smallest absolute Gasteiger partial charge is 0.244 e. The van der Waals surface area contributed by atoms with Crippen LogP contribution in [0.2, 0.25) is 0 Å². The summed E-state index contributed by atoms with van der Waals surface area (Å²) in [6.07, 6.45) is 2.29. The number of methoxy groups -OCH3 is 2. The van der Waals surface area contributed by atoms with Crippen molar-refractivity contribution in [2.75, 3.05) is 33.9 Å². The molecule has 0 saturated carbocycles. The Morgan fingerprint density at radius 3 is 2.41 bits per heavy atom. The van der Waals surface area contributed by atoms with Crippen LogP contribution in [0.4, 0.5) is 4.39 Å². The van der Waals surface area contributed by atoms with Gasteiger partial charge in [-0.2, -0.15) is 0 Å². The summed E-state index contributed by atoms with van der Waals surface area (Å²) in [5.41, 5.74) is 0.870. The van der Waals surface area contributed by atoms with Crippen LogP contribution >= 0.6 is 0 Å². The molecule has 0 aromatic heterocycles. The molecule has 1 atom stereocenters. The molecule has 0 radical (unpaired) electrons. The van der Waals surface area contributed by atoms with Gasteiger partial charge in [0.15, 0.2) is 11.5 Å². The molecule has 7 nitrogen and oxygen atoms in total. The minimum absolute atomic E-state index is 0.0602. The molecule has 0 bridgehead atoms. The van der Waals surface area contributed by atoms with Gasteiger partial charge in [0.05, 0.1) is 14.2 Å². The maximum Gasteiger partial charge on any atom is 0.244 e. The van der Waals surface area contributed by atoms with Crippen LogP contribution in [0.1, 0.15) is 32.3 Å². The molecule has 178 valence electrons. The molecular formula is C23H33FN2O5S. The Balaban J connectivity index is 1.94. The van der Waals surface area contributed by atoms with E-state index in [9.17, 15) is 12.8 Å². The topological polar surface area (TPSA) is 85.9 Å². The molecule has 2 N–H and O–H groups in total. The highest BCUT2D eigenvalue weighted by Crippen LogP contribution is 2.27. The molecule has 0 aliphatic heterocycles. The maximum absolute atomic E-state index is 13.4. The van der Waals surface area contributed by atoms with Crippen molar-refractivity contribution in [2.24, 2.45) is 0 Å². The molecule has 9 heteroatoms. The highest BCUT2D eigenvalue weighted by Gasteiger charge is 2.20. The first kappa shape index (κ1) is 25.9. The quantitative estimate of drug-likeness (QED) is 0.413. The van der Waals surface area contributed by atoms with Gasteiger partial charge in [-0.25, -0.2) is 17.5 Å². The van der Waals surface area contributed by atoms with Gasteiger partial charge in [0, 0.05) is 25.2 Å². The number of unbranched alkanes of at least 4 members (excludes halogenated alkanes) is 1. The third kappa shape index (κ3) is 7.65. The molecule has 2 aromatic rings. The Morgan fingerprint density at radius 2 is 1.72 bits per heavy atom. The highest BCUT2D eigenvalue weighted by atomic mass is 32.2. The fraction of sp³-hybridized carbons (Fsp3) is 0.478. The van der Waals surface area contributed by atoms with Gasteiger partial charge in [-0.05, 0) is 49.6 Å². The number of halogens is 1. The van der Waals surface area contributed by atoms with Crippen molar-refractivity contribution < 1.29 is 27.0 Å². The Morgan fingerprint density at radius 1 is 1.00 bits per heavy atom. The predicted molar refractivity (Wildman–Crippen MR) is 123 cm³/mol. The molecule has 32 heavy (non-hydrogen) atoms. The highest BCUT2D eigenvalue weighted by molar-refractivity contribution is 7.89. The van der Waals surface area contributed by atoms with Gasteiger partial charge in [-0.15, -0.1) is 0 Å². The van der Waals surface area contributed by atoms with Crippen LogP contribution in [0.5, 0.6) is 17.2 Å². The number of benzene rings is 2. The lowest BCUT2D eigenvalue weighted by Crippen LogP contribution is -2.32. The van der Waals surface area contributed by atoms with E-state index in [1.165, 1.54) is 32.4 Å². The number of nitrogens with one attached hydrogen (secondary N) is 2. The second-order valence-electron chi connectivity index (χ2n) is 7.44. The van der Waals surface area contributed by atoms with Gasteiger partial charge in [0.1, 0.15) is 23.1 Å². The number of hydrogen-bond donors (Lipinski definition) is 2. The summed E-state index contributed by atoms with van der Waals surface area (Å²) in [6, 6.07) is 9.37. The van der Waals surface area contributed by atoms with Crippen molar-refractivity contribution in [1.82, 2.24) is 10.0 Å². The van der Waals surface area contributed by atoms with Gasteiger partial charge in [0.25, 0.3) is 0 Å². The molecule has 2 aromatic carbocycles. The largest absolute Gasteiger partial charge is 0.495 e. The molecule has 0 aliphatic carbocycles. The van der Waals surface area contributed by atoms with Gasteiger partial charge in [0.2, 0.25) is 10.0 Å². The first-order chi connectivity index (χ1) is 15.3. The molecule has 0 aliphatic rings. The van der Waals surface area contributed by atoms with E-state index in [1.54, 1.807) is 12.1 Å². The van der Waals surface area contributed by atoms with Crippen LogP contribution in [-0.2, 0) is 16.4 Å². The van der Waals surface area contributed by atoms with Crippen LogP contribution < -0.4 is 24.2 Å². The van der Waals surface area contributed by atoms with Crippen molar-refractivity contribution in [2.45, 2.75) is 44.0 Å². The first-order valence-electron chi connectivity index (χ1n) is 10.7. The van der Waals surface area contributed by atoms with E-state index in [2.05, 4.69) is 10.0 Å². The Kier molecular flexibility index (Phi) is 10.2. The fourth-order valence-electron chi connectivity index (χ4n) is 3.17. The Bertz CT molecular complexity index is 969. The minimum Gasteiger partial charge on any atom is -0.495 e. The zero-order valence-corrected chi connectivity index (χ0v) is 19.9. The molecule has 2 rings (SSSR count). The maximum atomic E-state index is 13.4. The van der Waals surface area contributed by atoms with Crippen molar-refractivity contribution in [3.8, 4) is 17.2 Å². The van der Waals surface area contributed by atoms with E-state index >= 15 is 0 Å². The molecular weight excluding hydrogens is 435 g/mol. The van der Waals surface area contributed by atoms with Crippen LogP contribution in [0, 0.1) is 5.82 Å². The molecule has 0 saturated heterocycles. The zero-order chi connectivity index (χ0) is 23.6. The normalized spacial score (nSPS) is 12.4. The van der Waals surface area contributed by atoms with Crippen molar-refractivity contribution in [1.29, 1.82) is 0 Å². The minimum atomic E-state index is -3.65. The van der Waals surface area contributed by atoms with Gasteiger partial charge in [-0.3, -0.25) is 0 Å². The van der Waals surface area contributed by atoms with E-state index in [1.807, 2.05) is 19.9 Å². The predicted octanol–water partition coefficient (Wildman–Crippen LogP) is 3.52. The van der Waals surface area contributed by atoms with E-state index < -0.39 is 15.8 Å². The van der Waals surface area contributed by atoms with Gasteiger partial charge >= 0.3 is 0 Å². The molecule has 1 unspecified atom stereocenters. The Labute approximate surface area is 190 Å². The summed E-state index contributed by atoms with van der Waals surface area (Å²) >= 11 is 0. The van der Waals surface area contributed by atoms with E-state index in [0.29, 0.717) is 43.4 Å². The number of sulfonamides is 1. The second-order valence-corrected chi connectivity index (χ2v) is 9.17. The number of ether oxygens (including phenoxy) is 3. The SMILES string of the molecule is CCCCNS(=O)(=O)c1cc(CC(C)NCCOc2cc(F)ccc2OC)ccc1OC. The van der Waals surface area contributed by atoms with E-state index in [4.69, 9.17) is 14.2 Å². The lowest BCUT2D eigenvalue weighted by Gasteiger charge is -2.17. The third-order valence-corrected chi connectivity index (χ3v) is 6.34. The van der Waals surface area contributed by atoms with E-state index in [-0.39, 0.29) is 10.9 Å². The van der Waals surface area contributed by atoms with Crippen molar-refractivity contribution in [3.05, 3.63) is 47.8 Å². The number of rotatable bonds is 14.